The summed E-state index contributed by atoms with van der Waals surface area (Å²) in [5, 5.41) is 3.09. The second-order valence-electron chi connectivity index (χ2n) is 5.42. The van der Waals surface area contributed by atoms with Gasteiger partial charge in [-0.1, -0.05) is 12.1 Å². The number of nitrogens with one attached hydrogen (secondary N) is 1. The maximum absolute atomic E-state index is 12.5. The molecule has 1 aliphatic heterocycles. The maximum atomic E-state index is 12.5. The van der Waals surface area contributed by atoms with Gasteiger partial charge in [0, 0.05) is 13.1 Å². The molecule has 124 valence electrons. The number of hydrogen-bond acceptors (Lipinski definition) is 2. The molecule has 1 atom stereocenters. The van der Waals surface area contributed by atoms with Crippen molar-refractivity contribution in [3.05, 3.63) is 35.4 Å². The lowest BCUT2D eigenvalue weighted by Gasteiger charge is -2.17. The zero-order chi connectivity index (χ0) is 15.5. The lowest BCUT2D eigenvalue weighted by Crippen LogP contribution is -2.31. The first-order chi connectivity index (χ1) is 9.90. The Morgan fingerprint density at radius 3 is 2.50 bits per heavy atom. The van der Waals surface area contributed by atoms with Crippen molar-refractivity contribution in [3.8, 4) is 0 Å². The van der Waals surface area contributed by atoms with Gasteiger partial charge >= 0.3 is 6.18 Å². The maximum Gasteiger partial charge on any atom is 0.416 e. The predicted molar refractivity (Wildman–Crippen MR) is 81.0 cm³/mol. The van der Waals surface area contributed by atoms with Crippen LogP contribution in [0.25, 0.3) is 0 Å². The largest absolute Gasteiger partial charge is 0.416 e. The van der Waals surface area contributed by atoms with Gasteiger partial charge in [-0.2, -0.15) is 13.2 Å². The predicted octanol–water partition coefficient (Wildman–Crippen LogP) is 2.74. The van der Waals surface area contributed by atoms with E-state index in [2.05, 4.69) is 5.32 Å². The van der Waals surface area contributed by atoms with E-state index in [-0.39, 0.29) is 24.7 Å². The zero-order valence-corrected chi connectivity index (χ0v) is 13.1. The number of hydrogen-bond donors (Lipinski definition) is 1. The van der Waals surface area contributed by atoms with Gasteiger partial charge in [0.2, 0.25) is 5.91 Å². The lowest BCUT2D eigenvalue weighted by atomic mass is 10.1. The van der Waals surface area contributed by atoms with Gasteiger partial charge in [-0.25, -0.2) is 0 Å². The highest BCUT2D eigenvalue weighted by Crippen LogP contribution is 2.29. The molecule has 1 fully saturated rings. The van der Waals surface area contributed by atoms with Crippen LogP contribution in [0, 0.1) is 5.92 Å². The number of alkyl halides is 3. The SMILES string of the molecule is CNCC1CCN(C(=O)Cc2ccc(C(F)(F)F)cc2)C1.Cl. The van der Waals surface area contributed by atoms with Crippen molar-refractivity contribution >= 4 is 18.3 Å². The van der Waals surface area contributed by atoms with Gasteiger partial charge < -0.3 is 10.2 Å². The van der Waals surface area contributed by atoms with Crippen molar-refractivity contribution in [2.45, 2.75) is 19.0 Å². The summed E-state index contributed by atoms with van der Waals surface area (Å²) in [7, 11) is 1.88. The van der Waals surface area contributed by atoms with Crippen LogP contribution in [0.15, 0.2) is 24.3 Å². The highest BCUT2D eigenvalue weighted by Gasteiger charge is 2.30. The summed E-state index contributed by atoms with van der Waals surface area (Å²) >= 11 is 0. The summed E-state index contributed by atoms with van der Waals surface area (Å²) in [4.78, 5) is 13.9. The summed E-state index contributed by atoms with van der Waals surface area (Å²) in [5.41, 5.74) is -0.0703. The van der Waals surface area contributed by atoms with Crippen molar-refractivity contribution in [1.29, 1.82) is 0 Å². The smallest absolute Gasteiger partial charge is 0.342 e. The van der Waals surface area contributed by atoms with Crippen molar-refractivity contribution in [2.24, 2.45) is 5.92 Å². The van der Waals surface area contributed by atoms with E-state index >= 15 is 0 Å². The van der Waals surface area contributed by atoms with Gasteiger partial charge in [-0.3, -0.25) is 4.79 Å². The first-order valence-electron chi connectivity index (χ1n) is 6.98. The van der Waals surface area contributed by atoms with Crippen LogP contribution >= 0.6 is 12.4 Å². The van der Waals surface area contributed by atoms with Crippen molar-refractivity contribution in [3.63, 3.8) is 0 Å². The van der Waals surface area contributed by atoms with Crippen molar-refractivity contribution < 1.29 is 18.0 Å². The first-order valence-corrected chi connectivity index (χ1v) is 6.98. The van der Waals surface area contributed by atoms with Crippen LogP contribution in [-0.2, 0) is 17.4 Å². The lowest BCUT2D eigenvalue weighted by molar-refractivity contribution is -0.137. The molecule has 1 saturated heterocycles. The monoisotopic (exact) mass is 336 g/mol. The number of carbonyl (C=O) groups excluding carboxylic acids is 1. The highest BCUT2D eigenvalue weighted by molar-refractivity contribution is 5.85. The number of nitrogens with zero attached hydrogens (tertiary/aromatic N) is 1. The van der Waals surface area contributed by atoms with Gasteiger partial charge in [0.05, 0.1) is 12.0 Å². The van der Waals surface area contributed by atoms with Gasteiger partial charge in [-0.05, 0) is 43.6 Å². The number of benzene rings is 1. The Morgan fingerprint density at radius 1 is 1.32 bits per heavy atom. The van der Waals surface area contributed by atoms with Gasteiger partial charge in [0.1, 0.15) is 0 Å². The first kappa shape index (κ1) is 18.8. The third-order valence-corrected chi connectivity index (χ3v) is 3.77. The van der Waals surface area contributed by atoms with Crippen molar-refractivity contribution in [2.75, 3.05) is 26.7 Å². The fourth-order valence-electron chi connectivity index (χ4n) is 2.61. The second-order valence-corrected chi connectivity index (χ2v) is 5.42. The van der Waals surface area contributed by atoms with Crippen LogP contribution < -0.4 is 5.32 Å². The Balaban J connectivity index is 0.00000242. The molecule has 1 heterocycles. The zero-order valence-electron chi connectivity index (χ0n) is 12.3. The Morgan fingerprint density at radius 2 is 1.95 bits per heavy atom. The fourth-order valence-corrected chi connectivity index (χ4v) is 2.61. The Kier molecular flexibility index (Phi) is 6.68. The molecule has 22 heavy (non-hydrogen) atoms. The molecule has 1 amide bonds. The molecular weight excluding hydrogens is 317 g/mol. The van der Waals surface area contributed by atoms with Crippen LogP contribution in [0.1, 0.15) is 17.5 Å². The summed E-state index contributed by atoms with van der Waals surface area (Å²) in [5.74, 6) is 0.444. The topological polar surface area (TPSA) is 32.3 Å². The molecule has 1 N–H and O–H groups in total. The molecule has 0 radical (unpaired) electrons. The molecule has 1 aromatic carbocycles. The van der Waals surface area contributed by atoms with E-state index in [4.69, 9.17) is 0 Å². The molecular formula is C15H20ClF3N2O. The second kappa shape index (κ2) is 7.83. The summed E-state index contributed by atoms with van der Waals surface area (Å²) in [6.07, 6.45) is -3.21. The molecule has 1 aliphatic rings. The summed E-state index contributed by atoms with van der Waals surface area (Å²) in [6, 6.07) is 4.80. The van der Waals surface area contributed by atoms with Crippen LogP contribution in [0.4, 0.5) is 13.2 Å². The molecule has 0 aromatic heterocycles. The standard InChI is InChI=1S/C15H19F3N2O.ClH/c1-19-9-12-6-7-20(10-12)14(21)8-11-2-4-13(5-3-11)15(16,17)18;/h2-5,12,19H,6-10H2,1H3;1H. The third-order valence-electron chi connectivity index (χ3n) is 3.77. The van der Waals surface area contributed by atoms with Gasteiger partial charge in [0.25, 0.3) is 0 Å². The van der Waals surface area contributed by atoms with E-state index in [9.17, 15) is 18.0 Å². The van der Waals surface area contributed by atoms with E-state index < -0.39 is 11.7 Å². The fraction of sp³-hybridized carbons (Fsp3) is 0.533. The number of halogens is 4. The van der Waals surface area contributed by atoms with Crippen LogP contribution in [0.3, 0.4) is 0 Å². The molecule has 2 rings (SSSR count). The van der Waals surface area contributed by atoms with Crippen LogP contribution in [-0.4, -0.2) is 37.5 Å². The molecule has 0 spiro atoms. The third kappa shape index (κ3) is 4.88. The van der Waals surface area contributed by atoms with E-state index in [0.717, 1.165) is 38.2 Å². The Labute approximate surface area is 134 Å². The van der Waals surface area contributed by atoms with Crippen LogP contribution in [0.2, 0.25) is 0 Å². The molecule has 0 aliphatic carbocycles. The minimum Gasteiger partial charge on any atom is -0.342 e. The van der Waals surface area contributed by atoms with Crippen LogP contribution in [0.5, 0.6) is 0 Å². The van der Waals surface area contributed by atoms with Gasteiger partial charge in [-0.15, -0.1) is 12.4 Å². The molecule has 0 saturated carbocycles. The molecule has 1 aromatic rings. The molecule has 7 heteroatoms. The molecule has 3 nitrogen and oxygen atoms in total. The van der Waals surface area contributed by atoms with Gasteiger partial charge in [0.15, 0.2) is 0 Å². The minimum absolute atomic E-state index is 0. The van der Waals surface area contributed by atoms with E-state index in [1.165, 1.54) is 12.1 Å². The summed E-state index contributed by atoms with van der Waals surface area (Å²) < 4.78 is 37.4. The quantitative estimate of drug-likeness (QED) is 0.917. The average molecular weight is 337 g/mol. The molecule has 0 bridgehead atoms. The normalized spacial score (nSPS) is 18.2. The number of carbonyl (C=O) groups is 1. The van der Waals surface area contributed by atoms with E-state index in [1.54, 1.807) is 4.90 Å². The highest BCUT2D eigenvalue weighted by atomic mass is 35.5. The number of rotatable bonds is 4. The van der Waals surface area contributed by atoms with E-state index in [1.807, 2.05) is 7.05 Å². The Hall–Kier alpha value is -1.27. The molecule has 1 unspecified atom stereocenters. The Bertz CT molecular complexity index is 491. The number of amides is 1. The average Bonchev–Trinajstić information content (AvgIpc) is 2.87. The summed E-state index contributed by atoms with van der Waals surface area (Å²) in [6.45, 7) is 2.33. The van der Waals surface area contributed by atoms with Crippen molar-refractivity contribution in [1.82, 2.24) is 10.2 Å². The minimum atomic E-state index is -4.34. The van der Waals surface area contributed by atoms with E-state index in [0.29, 0.717) is 11.5 Å². The number of likely N-dealkylation sites (tertiary alicyclic amines) is 1.